The zero-order valence-corrected chi connectivity index (χ0v) is 23.7. The van der Waals surface area contributed by atoms with Gasteiger partial charge in [0.05, 0.1) is 11.4 Å². The molecule has 0 saturated carbocycles. The monoisotopic (exact) mass is 618 g/mol. The number of ether oxygens (including phenoxy) is 1. The van der Waals surface area contributed by atoms with Crippen LogP contribution in [0.3, 0.4) is 0 Å². The normalized spacial score (nSPS) is 14.4. The Hall–Kier alpha value is -2.78. The zero-order chi connectivity index (χ0) is 26.7. The Balaban J connectivity index is 1.51. The van der Waals surface area contributed by atoms with E-state index in [1.807, 2.05) is 32.0 Å². The molecular weight excluding hydrogens is 599 g/mol. The maximum Gasteiger partial charge on any atom is 0.293 e. The van der Waals surface area contributed by atoms with Gasteiger partial charge in [-0.05, 0) is 79.2 Å². The van der Waals surface area contributed by atoms with Crippen molar-refractivity contribution < 1.29 is 19.1 Å². The van der Waals surface area contributed by atoms with Gasteiger partial charge in [-0.2, -0.15) is 0 Å². The second kappa shape index (κ2) is 11.7. The number of carbonyl (C=O) groups is 3. The molecule has 0 spiro atoms. The lowest BCUT2D eigenvalue weighted by atomic mass is 10.1. The van der Waals surface area contributed by atoms with E-state index in [-0.39, 0.29) is 24.0 Å². The number of hydrogen-bond donors (Lipinski definition) is 1. The largest absolute Gasteiger partial charge is 0.483 e. The van der Waals surface area contributed by atoms with Gasteiger partial charge in [-0.1, -0.05) is 57.3 Å². The number of aryl methyl sites for hydroxylation is 2. The van der Waals surface area contributed by atoms with Gasteiger partial charge in [0.2, 0.25) is 0 Å². The third-order valence-corrected chi connectivity index (χ3v) is 7.64. The predicted molar refractivity (Wildman–Crippen MR) is 152 cm³/mol. The lowest BCUT2D eigenvalue weighted by molar-refractivity contribution is -0.123. The summed E-state index contributed by atoms with van der Waals surface area (Å²) < 4.78 is 6.53. The smallest absolute Gasteiger partial charge is 0.293 e. The minimum atomic E-state index is -0.468. The van der Waals surface area contributed by atoms with Crippen LogP contribution in [0.4, 0.5) is 10.5 Å². The number of benzene rings is 3. The molecule has 0 bridgehead atoms. The van der Waals surface area contributed by atoms with Gasteiger partial charge in [0.15, 0.2) is 6.61 Å². The maximum absolute atomic E-state index is 13.1. The predicted octanol–water partition coefficient (Wildman–Crippen LogP) is 7.63. The Kier molecular flexibility index (Phi) is 8.64. The van der Waals surface area contributed by atoms with E-state index < -0.39 is 11.1 Å². The fraction of sp³-hybridized carbons (Fsp3) is 0.148. The van der Waals surface area contributed by atoms with Crippen molar-refractivity contribution in [2.75, 3.05) is 11.9 Å². The SMILES string of the molecule is Cc1ccc(C)c(NC(=O)COc2ccc(Br)cc2/C=C2\SC(=O)N(Cc3c(Cl)cccc3Cl)C2=O)c1. The lowest BCUT2D eigenvalue weighted by Crippen LogP contribution is -2.27. The Labute approximate surface area is 237 Å². The number of hydrogen-bond acceptors (Lipinski definition) is 5. The summed E-state index contributed by atoms with van der Waals surface area (Å²) in [6.45, 7) is 3.59. The second-order valence-electron chi connectivity index (χ2n) is 8.31. The van der Waals surface area contributed by atoms with Crippen LogP contribution in [0, 0.1) is 13.8 Å². The highest BCUT2D eigenvalue weighted by atomic mass is 79.9. The minimum absolute atomic E-state index is 0.0408. The molecule has 6 nitrogen and oxygen atoms in total. The molecule has 0 unspecified atom stereocenters. The van der Waals surface area contributed by atoms with Crippen molar-refractivity contribution in [3.63, 3.8) is 0 Å². The third kappa shape index (κ3) is 6.57. The van der Waals surface area contributed by atoms with E-state index in [0.717, 1.165) is 37.9 Å². The number of nitrogens with zero attached hydrogens (tertiary/aromatic N) is 1. The molecule has 37 heavy (non-hydrogen) atoms. The van der Waals surface area contributed by atoms with Gasteiger partial charge in [0, 0.05) is 31.3 Å². The number of halogens is 3. The molecule has 0 aromatic heterocycles. The molecule has 1 aliphatic rings. The number of carbonyl (C=O) groups excluding carboxylic acids is 3. The van der Waals surface area contributed by atoms with E-state index in [2.05, 4.69) is 21.2 Å². The fourth-order valence-electron chi connectivity index (χ4n) is 3.58. The van der Waals surface area contributed by atoms with Crippen molar-refractivity contribution >= 4 is 79.7 Å². The number of anilines is 1. The Morgan fingerprint density at radius 2 is 1.81 bits per heavy atom. The molecule has 3 aromatic carbocycles. The van der Waals surface area contributed by atoms with Gasteiger partial charge < -0.3 is 10.1 Å². The van der Waals surface area contributed by atoms with Crippen molar-refractivity contribution in [2.45, 2.75) is 20.4 Å². The van der Waals surface area contributed by atoms with Gasteiger partial charge >= 0.3 is 0 Å². The van der Waals surface area contributed by atoms with Crippen LogP contribution in [0.5, 0.6) is 5.75 Å². The van der Waals surface area contributed by atoms with E-state index in [1.165, 1.54) is 0 Å². The standard InChI is InChI=1S/C27H21BrCl2N2O4S/c1-15-6-7-16(2)22(10-15)31-25(33)14-36-23-9-8-18(28)11-17(23)12-24-26(34)32(27(35)37-24)13-19-20(29)4-3-5-21(19)30/h3-12H,13-14H2,1-2H3,(H,31,33)/b24-12-. The quantitative estimate of drug-likeness (QED) is 0.275. The van der Waals surface area contributed by atoms with Crippen molar-refractivity contribution in [1.82, 2.24) is 4.90 Å². The third-order valence-electron chi connectivity index (χ3n) is 5.54. The molecule has 1 N–H and O–H groups in total. The van der Waals surface area contributed by atoms with E-state index in [4.69, 9.17) is 27.9 Å². The lowest BCUT2D eigenvalue weighted by Gasteiger charge is -2.15. The molecule has 1 aliphatic heterocycles. The van der Waals surface area contributed by atoms with Crippen molar-refractivity contribution in [1.29, 1.82) is 0 Å². The highest BCUT2D eigenvalue weighted by Crippen LogP contribution is 2.37. The summed E-state index contributed by atoms with van der Waals surface area (Å²) in [5.74, 6) is -0.399. The molecule has 4 rings (SSSR count). The average Bonchev–Trinajstić information content (AvgIpc) is 3.10. The molecular formula is C27H21BrCl2N2O4S. The van der Waals surface area contributed by atoms with E-state index in [0.29, 0.717) is 26.9 Å². The van der Waals surface area contributed by atoms with Gasteiger partial charge in [-0.3, -0.25) is 19.3 Å². The van der Waals surface area contributed by atoms with Gasteiger partial charge in [0.1, 0.15) is 5.75 Å². The topological polar surface area (TPSA) is 75.7 Å². The first-order valence-electron chi connectivity index (χ1n) is 11.1. The Morgan fingerprint density at radius 3 is 2.54 bits per heavy atom. The van der Waals surface area contributed by atoms with Crippen LogP contribution < -0.4 is 10.1 Å². The number of thioether (sulfide) groups is 1. The molecule has 190 valence electrons. The van der Waals surface area contributed by atoms with Crippen LogP contribution in [0.2, 0.25) is 10.0 Å². The van der Waals surface area contributed by atoms with Crippen LogP contribution >= 0.6 is 50.9 Å². The van der Waals surface area contributed by atoms with Crippen LogP contribution in [0.25, 0.3) is 6.08 Å². The highest BCUT2D eigenvalue weighted by molar-refractivity contribution is 9.10. The van der Waals surface area contributed by atoms with Crippen molar-refractivity contribution in [2.24, 2.45) is 0 Å². The minimum Gasteiger partial charge on any atom is -0.483 e. The molecule has 3 aromatic rings. The molecule has 0 aliphatic carbocycles. The summed E-state index contributed by atoms with van der Waals surface area (Å²) in [5, 5.41) is 3.17. The van der Waals surface area contributed by atoms with Crippen LogP contribution in [0.15, 0.2) is 64.0 Å². The van der Waals surface area contributed by atoms with E-state index in [9.17, 15) is 14.4 Å². The number of amides is 3. The number of nitrogens with one attached hydrogen (secondary N) is 1. The highest BCUT2D eigenvalue weighted by Gasteiger charge is 2.36. The first-order valence-corrected chi connectivity index (χ1v) is 13.5. The summed E-state index contributed by atoms with van der Waals surface area (Å²) >= 11 is 16.7. The second-order valence-corrected chi connectivity index (χ2v) is 11.0. The first kappa shape index (κ1) is 27.3. The first-order chi connectivity index (χ1) is 17.6. The number of imide groups is 1. The summed E-state index contributed by atoms with van der Waals surface area (Å²) in [5.41, 5.74) is 3.72. The summed E-state index contributed by atoms with van der Waals surface area (Å²) in [6.07, 6.45) is 1.57. The zero-order valence-electron chi connectivity index (χ0n) is 19.8. The van der Waals surface area contributed by atoms with Gasteiger partial charge in [0.25, 0.3) is 17.1 Å². The summed E-state index contributed by atoms with van der Waals surface area (Å²) in [4.78, 5) is 39.6. The fourth-order valence-corrected chi connectivity index (χ4v) is 5.31. The molecule has 1 saturated heterocycles. The van der Waals surface area contributed by atoms with Crippen molar-refractivity contribution in [3.8, 4) is 5.75 Å². The molecule has 10 heteroatoms. The van der Waals surface area contributed by atoms with Crippen molar-refractivity contribution in [3.05, 3.63) is 96.3 Å². The molecule has 1 fully saturated rings. The molecule has 0 atom stereocenters. The van der Waals surface area contributed by atoms with E-state index in [1.54, 1.807) is 42.5 Å². The Morgan fingerprint density at radius 1 is 1.08 bits per heavy atom. The van der Waals surface area contributed by atoms with Crippen LogP contribution in [0.1, 0.15) is 22.3 Å². The van der Waals surface area contributed by atoms with E-state index >= 15 is 0 Å². The molecule has 1 heterocycles. The number of rotatable bonds is 7. The van der Waals surface area contributed by atoms with Gasteiger partial charge in [-0.15, -0.1) is 0 Å². The average molecular weight is 620 g/mol. The molecule has 0 radical (unpaired) electrons. The van der Waals surface area contributed by atoms with Crippen LogP contribution in [-0.2, 0) is 16.1 Å². The maximum atomic E-state index is 13.1. The van der Waals surface area contributed by atoms with Crippen LogP contribution in [-0.4, -0.2) is 28.6 Å². The summed E-state index contributed by atoms with van der Waals surface area (Å²) in [7, 11) is 0. The van der Waals surface area contributed by atoms with Gasteiger partial charge in [-0.25, -0.2) is 0 Å². The Bertz CT molecular complexity index is 1420. The molecule has 3 amide bonds. The summed E-state index contributed by atoms with van der Waals surface area (Å²) in [6, 6.07) is 16.0.